The summed E-state index contributed by atoms with van der Waals surface area (Å²) in [5.74, 6) is 0.843. The second-order valence-electron chi connectivity index (χ2n) is 6.61. The summed E-state index contributed by atoms with van der Waals surface area (Å²) in [6.07, 6.45) is 0.779. The van der Waals surface area contributed by atoms with Crippen molar-refractivity contribution in [3.8, 4) is 11.5 Å². The molecule has 29 heavy (non-hydrogen) atoms. The van der Waals surface area contributed by atoms with Gasteiger partial charge in [-0.2, -0.15) is 0 Å². The molecule has 0 bridgehead atoms. The van der Waals surface area contributed by atoms with Gasteiger partial charge in [-0.15, -0.1) is 0 Å². The van der Waals surface area contributed by atoms with E-state index in [-0.39, 0.29) is 11.8 Å². The minimum atomic E-state index is -0.201. The Labute approximate surface area is 176 Å². The number of hydrogen-bond donors (Lipinski definition) is 1. The molecule has 0 radical (unpaired) electrons. The molecule has 4 nitrogen and oxygen atoms in total. The zero-order chi connectivity index (χ0) is 20.6. The number of carbonyl (C=O) groups excluding carboxylic acids is 1. The summed E-state index contributed by atoms with van der Waals surface area (Å²) < 4.78 is 10.5. The van der Waals surface area contributed by atoms with Crippen LogP contribution in [0.25, 0.3) is 0 Å². The van der Waals surface area contributed by atoms with Crippen LogP contribution in [0.5, 0.6) is 11.5 Å². The molecule has 150 valence electrons. The molecule has 0 saturated carbocycles. The highest BCUT2D eigenvalue weighted by Crippen LogP contribution is 2.36. The van der Waals surface area contributed by atoms with Crippen LogP contribution in [0.3, 0.4) is 0 Å². The topological polar surface area (TPSA) is 47.6 Å². The predicted molar refractivity (Wildman–Crippen MR) is 116 cm³/mol. The van der Waals surface area contributed by atoms with Gasteiger partial charge in [0.05, 0.1) is 19.2 Å². The van der Waals surface area contributed by atoms with Crippen LogP contribution in [0.2, 0.25) is 5.02 Å². The molecule has 0 aliphatic rings. The monoisotopic (exact) mass is 409 g/mol. The van der Waals surface area contributed by atoms with Gasteiger partial charge < -0.3 is 14.8 Å². The van der Waals surface area contributed by atoms with Crippen molar-refractivity contribution in [1.82, 2.24) is 5.32 Å². The van der Waals surface area contributed by atoms with Gasteiger partial charge in [0.15, 0.2) is 11.5 Å². The third-order valence-corrected chi connectivity index (χ3v) is 5.10. The van der Waals surface area contributed by atoms with Gasteiger partial charge in [-0.25, -0.2) is 0 Å². The maximum Gasteiger partial charge on any atom is 0.251 e. The Morgan fingerprint density at radius 2 is 1.52 bits per heavy atom. The third-order valence-electron chi connectivity index (χ3n) is 4.82. The Morgan fingerprint density at radius 3 is 2.03 bits per heavy atom. The quantitative estimate of drug-likeness (QED) is 0.548. The average molecular weight is 410 g/mol. The van der Waals surface area contributed by atoms with Crippen molar-refractivity contribution in [2.45, 2.75) is 12.3 Å². The number of nitrogens with one attached hydrogen (secondary N) is 1. The van der Waals surface area contributed by atoms with Crippen LogP contribution < -0.4 is 14.8 Å². The Balaban J connectivity index is 1.71. The van der Waals surface area contributed by atoms with Gasteiger partial charge in [0, 0.05) is 18.0 Å². The molecule has 5 heteroatoms. The molecule has 1 amide bonds. The highest BCUT2D eigenvalue weighted by Gasteiger charge is 2.17. The molecule has 1 N–H and O–H groups in total. The fourth-order valence-corrected chi connectivity index (χ4v) is 3.67. The van der Waals surface area contributed by atoms with E-state index in [1.165, 1.54) is 25.3 Å². The van der Waals surface area contributed by atoms with E-state index in [0.29, 0.717) is 28.6 Å². The van der Waals surface area contributed by atoms with Crippen molar-refractivity contribution in [3.63, 3.8) is 0 Å². The number of halogens is 1. The summed E-state index contributed by atoms with van der Waals surface area (Å²) >= 11 is 6.22. The smallest absolute Gasteiger partial charge is 0.251 e. The number of amides is 1. The van der Waals surface area contributed by atoms with E-state index in [9.17, 15) is 4.79 Å². The Hall–Kier alpha value is -2.98. The molecule has 3 aromatic rings. The summed E-state index contributed by atoms with van der Waals surface area (Å²) in [4.78, 5) is 12.7. The number of methoxy groups -OCH3 is 2. The van der Waals surface area contributed by atoms with E-state index in [2.05, 4.69) is 29.6 Å². The summed E-state index contributed by atoms with van der Waals surface area (Å²) in [5, 5.41) is 3.33. The maximum atomic E-state index is 12.7. The van der Waals surface area contributed by atoms with Crippen LogP contribution in [0.1, 0.15) is 33.8 Å². The van der Waals surface area contributed by atoms with Gasteiger partial charge in [0.25, 0.3) is 5.91 Å². The molecular weight excluding hydrogens is 386 g/mol. The fourth-order valence-electron chi connectivity index (χ4n) is 3.38. The highest BCUT2D eigenvalue weighted by atomic mass is 35.5. The van der Waals surface area contributed by atoms with Gasteiger partial charge in [0.1, 0.15) is 0 Å². The Bertz CT molecular complexity index is 906. The molecule has 0 aromatic heterocycles. The minimum absolute atomic E-state index is 0.201. The van der Waals surface area contributed by atoms with Crippen molar-refractivity contribution in [2.24, 2.45) is 0 Å². The first kappa shape index (κ1) is 20.7. The number of hydrogen-bond acceptors (Lipinski definition) is 3. The normalized spacial score (nSPS) is 10.6. The van der Waals surface area contributed by atoms with E-state index >= 15 is 0 Å². The van der Waals surface area contributed by atoms with Crippen molar-refractivity contribution >= 4 is 17.5 Å². The van der Waals surface area contributed by atoms with E-state index in [1.807, 2.05) is 36.4 Å². The van der Waals surface area contributed by atoms with E-state index < -0.39 is 0 Å². The molecule has 0 aliphatic heterocycles. The molecule has 0 unspecified atom stereocenters. The van der Waals surface area contributed by atoms with Crippen LogP contribution >= 0.6 is 11.6 Å². The lowest BCUT2D eigenvalue weighted by Crippen LogP contribution is -2.26. The summed E-state index contributed by atoms with van der Waals surface area (Å²) in [5.41, 5.74) is 2.88. The first-order valence-corrected chi connectivity index (χ1v) is 9.81. The molecular formula is C24H24ClNO3. The maximum absolute atomic E-state index is 12.7. The average Bonchev–Trinajstić information content (AvgIpc) is 2.77. The molecule has 0 heterocycles. The molecule has 0 saturated heterocycles. The number of rotatable bonds is 8. The lowest BCUT2D eigenvalue weighted by molar-refractivity contribution is 0.0952. The van der Waals surface area contributed by atoms with E-state index in [1.54, 1.807) is 12.1 Å². The second kappa shape index (κ2) is 9.99. The molecule has 3 rings (SSSR count). The number of carbonyl (C=O) groups is 1. The SMILES string of the molecule is COc1cc(C(=O)NCCC(c2ccccc2)c2ccccc2)cc(Cl)c1OC. The largest absolute Gasteiger partial charge is 0.493 e. The van der Waals surface area contributed by atoms with Crippen LogP contribution in [-0.4, -0.2) is 26.7 Å². The van der Waals surface area contributed by atoms with E-state index in [0.717, 1.165) is 6.42 Å². The third kappa shape index (κ3) is 5.09. The van der Waals surface area contributed by atoms with Gasteiger partial charge in [-0.05, 0) is 29.7 Å². The second-order valence-corrected chi connectivity index (χ2v) is 7.02. The van der Waals surface area contributed by atoms with Gasteiger partial charge in [0.2, 0.25) is 0 Å². The summed E-state index contributed by atoms with van der Waals surface area (Å²) in [7, 11) is 3.02. The van der Waals surface area contributed by atoms with Crippen LogP contribution in [0.15, 0.2) is 72.8 Å². The predicted octanol–water partition coefficient (Wildman–Crippen LogP) is 5.31. The molecule has 3 aromatic carbocycles. The van der Waals surface area contributed by atoms with Gasteiger partial charge >= 0.3 is 0 Å². The van der Waals surface area contributed by atoms with Crippen molar-refractivity contribution in [1.29, 1.82) is 0 Å². The molecule has 0 fully saturated rings. The van der Waals surface area contributed by atoms with E-state index in [4.69, 9.17) is 21.1 Å². The fraction of sp³-hybridized carbons (Fsp3) is 0.208. The van der Waals surface area contributed by atoms with Crippen LogP contribution in [0.4, 0.5) is 0 Å². The van der Waals surface area contributed by atoms with Crippen LogP contribution in [0, 0.1) is 0 Å². The first-order chi connectivity index (χ1) is 14.1. The van der Waals surface area contributed by atoms with Gasteiger partial charge in [-0.3, -0.25) is 4.79 Å². The molecule has 0 atom stereocenters. The first-order valence-electron chi connectivity index (χ1n) is 9.43. The zero-order valence-corrected chi connectivity index (χ0v) is 17.3. The Kier molecular flexibility index (Phi) is 7.14. The van der Waals surface area contributed by atoms with Gasteiger partial charge in [-0.1, -0.05) is 72.3 Å². The van der Waals surface area contributed by atoms with Crippen molar-refractivity contribution in [2.75, 3.05) is 20.8 Å². The lowest BCUT2D eigenvalue weighted by Gasteiger charge is -2.18. The van der Waals surface area contributed by atoms with Crippen LogP contribution in [-0.2, 0) is 0 Å². The minimum Gasteiger partial charge on any atom is -0.493 e. The standard InChI is InChI=1S/C24H24ClNO3/c1-28-22-16-19(15-21(25)23(22)29-2)24(27)26-14-13-20(17-9-5-3-6-10-17)18-11-7-4-8-12-18/h3-12,15-16,20H,13-14H2,1-2H3,(H,26,27). The highest BCUT2D eigenvalue weighted by molar-refractivity contribution is 6.32. The van der Waals surface area contributed by atoms with Crippen molar-refractivity contribution < 1.29 is 14.3 Å². The Morgan fingerprint density at radius 1 is 0.931 bits per heavy atom. The summed E-state index contributed by atoms with van der Waals surface area (Å²) in [6, 6.07) is 23.9. The number of benzene rings is 3. The zero-order valence-electron chi connectivity index (χ0n) is 16.5. The van der Waals surface area contributed by atoms with Crippen molar-refractivity contribution in [3.05, 3.63) is 94.5 Å². The number of ether oxygens (including phenoxy) is 2. The lowest BCUT2D eigenvalue weighted by atomic mass is 9.88. The molecule has 0 spiro atoms. The summed E-state index contributed by atoms with van der Waals surface area (Å²) in [6.45, 7) is 0.527. The molecule has 0 aliphatic carbocycles.